The Morgan fingerprint density at radius 2 is 1.87 bits per heavy atom. The van der Waals surface area contributed by atoms with Gasteiger partial charge >= 0.3 is 0 Å². The van der Waals surface area contributed by atoms with Crippen molar-refractivity contribution in [1.82, 2.24) is 0 Å². The fraction of sp³-hybridized carbons (Fsp3) is 0.917. The fourth-order valence-corrected chi connectivity index (χ4v) is 2.20. The summed E-state index contributed by atoms with van der Waals surface area (Å²) in [6, 6.07) is 0. The summed E-state index contributed by atoms with van der Waals surface area (Å²) in [6.07, 6.45) is 4.71. The lowest BCUT2D eigenvalue weighted by atomic mass is 10.0. The van der Waals surface area contributed by atoms with Gasteiger partial charge in [0.1, 0.15) is 6.61 Å². The molecule has 1 aliphatic heterocycles. The molecule has 0 aromatic carbocycles. The van der Waals surface area contributed by atoms with E-state index in [1.54, 1.807) is 0 Å². The van der Waals surface area contributed by atoms with Crippen molar-refractivity contribution < 1.29 is 14.3 Å². The first-order chi connectivity index (χ1) is 7.15. The normalized spacial score (nSPS) is 36.5. The average Bonchev–Trinajstić information content (AvgIpc) is 2.95. The Labute approximate surface area is 91.1 Å². The maximum atomic E-state index is 11.5. The predicted molar refractivity (Wildman–Crippen MR) is 56.7 cm³/mol. The molecule has 2 rings (SSSR count). The van der Waals surface area contributed by atoms with Crippen LogP contribution in [0.5, 0.6) is 0 Å². The molecule has 0 N–H and O–H groups in total. The first-order valence-corrected chi connectivity index (χ1v) is 5.95. The summed E-state index contributed by atoms with van der Waals surface area (Å²) >= 11 is 0. The molecule has 15 heavy (non-hydrogen) atoms. The number of ether oxygens (including phenoxy) is 2. The number of hydrogen-bond acceptors (Lipinski definition) is 3. The van der Waals surface area contributed by atoms with Crippen molar-refractivity contribution in [3.8, 4) is 0 Å². The van der Waals surface area contributed by atoms with E-state index in [0.29, 0.717) is 18.3 Å². The third-order valence-corrected chi connectivity index (χ3v) is 3.15. The minimum Gasteiger partial charge on any atom is -0.375 e. The molecule has 2 aliphatic rings. The van der Waals surface area contributed by atoms with Gasteiger partial charge in [-0.25, -0.2) is 0 Å². The molecule has 86 valence electrons. The first kappa shape index (κ1) is 11.1. The smallest absolute Gasteiger partial charge is 0.161 e. The minimum absolute atomic E-state index is 0.214. The average molecular weight is 212 g/mol. The van der Waals surface area contributed by atoms with Crippen LogP contribution < -0.4 is 0 Å². The van der Waals surface area contributed by atoms with Crippen LogP contribution in [0.1, 0.15) is 39.5 Å². The quantitative estimate of drug-likeness (QED) is 0.714. The highest BCUT2D eigenvalue weighted by Crippen LogP contribution is 2.30. The van der Waals surface area contributed by atoms with Gasteiger partial charge in [-0.1, -0.05) is 0 Å². The van der Waals surface area contributed by atoms with E-state index in [1.165, 1.54) is 0 Å². The molecule has 0 spiro atoms. The van der Waals surface area contributed by atoms with Crippen LogP contribution in [0.4, 0.5) is 0 Å². The number of ketones is 1. The van der Waals surface area contributed by atoms with Crippen LogP contribution in [-0.4, -0.2) is 30.7 Å². The van der Waals surface area contributed by atoms with Crippen molar-refractivity contribution in [2.24, 2.45) is 5.92 Å². The van der Waals surface area contributed by atoms with Crippen LogP contribution in [0, 0.1) is 5.92 Å². The lowest BCUT2D eigenvalue weighted by Crippen LogP contribution is -2.35. The number of carbonyl (C=O) groups is 1. The molecule has 2 unspecified atom stereocenters. The molecular weight excluding hydrogens is 192 g/mol. The van der Waals surface area contributed by atoms with Crippen LogP contribution in [0.15, 0.2) is 0 Å². The number of Topliss-reactive ketones (excluding diaryl/α,β-unsaturated/α-hetero) is 1. The molecule has 2 atom stereocenters. The van der Waals surface area contributed by atoms with Gasteiger partial charge in [-0.15, -0.1) is 0 Å². The van der Waals surface area contributed by atoms with E-state index in [4.69, 9.17) is 9.47 Å². The van der Waals surface area contributed by atoms with Gasteiger partial charge in [0.15, 0.2) is 5.78 Å². The largest absolute Gasteiger partial charge is 0.375 e. The highest BCUT2D eigenvalue weighted by Gasteiger charge is 2.31. The van der Waals surface area contributed by atoms with E-state index in [2.05, 4.69) is 13.8 Å². The monoisotopic (exact) mass is 212 g/mol. The first-order valence-electron chi connectivity index (χ1n) is 5.95. The third kappa shape index (κ3) is 3.28. The van der Waals surface area contributed by atoms with Crippen LogP contribution in [0.3, 0.4) is 0 Å². The molecule has 1 heterocycles. The molecule has 1 aliphatic carbocycles. The van der Waals surface area contributed by atoms with Gasteiger partial charge in [0.25, 0.3) is 0 Å². The third-order valence-electron chi connectivity index (χ3n) is 3.15. The maximum Gasteiger partial charge on any atom is 0.161 e. The Bertz CT molecular complexity index is 225. The van der Waals surface area contributed by atoms with E-state index in [-0.39, 0.29) is 18.3 Å². The van der Waals surface area contributed by atoms with Gasteiger partial charge in [0.05, 0.1) is 18.3 Å². The van der Waals surface area contributed by atoms with Crippen LogP contribution in [-0.2, 0) is 14.3 Å². The predicted octanol–water partition coefficient (Wildman–Crippen LogP) is 1.94. The highest BCUT2D eigenvalue weighted by atomic mass is 16.5. The van der Waals surface area contributed by atoms with Crippen molar-refractivity contribution in [3.05, 3.63) is 0 Å². The molecule has 3 nitrogen and oxygen atoms in total. The number of carbonyl (C=O) groups excluding carboxylic acids is 1. The molecule has 0 radical (unpaired) electrons. The lowest BCUT2D eigenvalue weighted by molar-refractivity contribution is -0.135. The summed E-state index contributed by atoms with van der Waals surface area (Å²) in [7, 11) is 0. The SMILES string of the molecule is CC1CC(OCC(=O)C2CC2)CC(C)O1. The summed E-state index contributed by atoms with van der Waals surface area (Å²) < 4.78 is 11.3. The second-order valence-corrected chi connectivity index (χ2v) is 4.90. The van der Waals surface area contributed by atoms with Gasteiger partial charge in [-0.2, -0.15) is 0 Å². The Morgan fingerprint density at radius 3 is 2.40 bits per heavy atom. The molecule has 1 saturated heterocycles. The zero-order valence-corrected chi connectivity index (χ0v) is 9.57. The van der Waals surface area contributed by atoms with E-state index in [0.717, 1.165) is 25.7 Å². The molecule has 2 fully saturated rings. The highest BCUT2D eigenvalue weighted by molar-refractivity contribution is 5.84. The molecular formula is C12H20O3. The number of hydrogen-bond donors (Lipinski definition) is 0. The van der Waals surface area contributed by atoms with Gasteiger partial charge in [0.2, 0.25) is 0 Å². The van der Waals surface area contributed by atoms with Crippen LogP contribution in [0.25, 0.3) is 0 Å². The summed E-state index contributed by atoms with van der Waals surface area (Å²) in [4.78, 5) is 11.5. The van der Waals surface area contributed by atoms with Gasteiger partial charge < -0.3 is 9.47 Å². The molecule has 3 heteroatoms. The fourth-order valence-electron chi connectivity index (χ4n) is 2.20. The van der Waals surface area contributed by atoms with Crippen molar-refractivity contribution >= 4 is 5.78 Å². The van der Waals surface area contributed by atoms with Gasteiger partial charge in [-0.3, -0.25) is 4.79 Å². The molecule has 0 aromatic rings. The summed E-state index contributed by atoms with van der Waals surface area (Å²) in [6.45, 7) is 4.44. The van der Waals surface area contributed by atoms with Gasteiger partial charge in [-0.05, 0) is 39.5 Å². The Hall–Kier alpha value is -0.410. The molecule has 1 saturated carbocycles. The topological polar surface area (TPSA) is 35.5 Å². The number of rotatable bonds is 4. The van der Waals surface area contributed by atoms with Crippen LogP contribution >= 0.6 is 0 Å². The maximum absolute atomic E-state index is 11.5. The molecule has 0 aromatic heterocycles. The van der Waals surface area contributed by atoms with E-state index < -0.39 is 0 Å². The Kier molecular flexibility index (Phi) is 3.42. The minimum atomic E-state index is 0.214. The van der Waals surface area contributed by atoms with Crippen molar-refractivity contribution in [1.29, 1.82) is 0 Å². The molecule has 0 amide bonds. The zero-order chi connectivity index (χ0) is 10.8. The van der Waals surface area contributed by atoms with Gasteiger partial charge in [0, 0.05) is 5.92 Å². The lowest BCUT2D eigenvalue weighted by Gasteiger charge is -2.31. The van der Waals surface area contributed by atoms with Crippen molar-refractivity contribution in [2.75, 3.05) is 6.61 Å². The summed E-state index contributed by atoms with van der Waals surface area (Å²) in [5, 5.41) is 0. The summed E-state index contributed by atoms with van der Waals surface area (Å²) in [5.74, 6) is 0.612. The van der Waals surface area contributed by atoms with E-state index >= 15 is 0 Å². The second kappa shape index (κ2) is 4.62. The van der Waals surface area contributed by atoms with Crippen molar-refractivity contribution in [3.63, 3.8) is 0 Å². The zero-order valence-electron chi connectivity index (χ0n) is 9.57. The van der Waals surface area contributed by atoms with Crippen LogP contribution in [0.2, 0.25) is 0 Å². The summed E-state index contributed by atoms with van der Waals surface area (Å²) in [5.41, 5.74) is 0. The Morgan fingerprint density at radius 1 is 1.27 bits per heavy atom. The van der Waals surface area contributed by atoms with E-state index in [9.17, 15) is 4.79 Å². The second-order valence-electron chi connectivity index (χ2n) is 4.90. The van der Waals surface area contributed by atoms with E-state index in [1.807, 2.05) is 0 Å². The van der Waals surface area contributed by atoms with Crippen molar-refractivity contribution in [2.45, 2.75) is 57.8 Å². The molecule has 0 bridgehead atoms. The Balaban J connectivity index is 1.71. The standard InChI is InChI=1S/C12H20O3/c1-8-5-11(6-9(2)15-8)14-7-12(13)10-3-4-10/h8-11H,3-7H2,1-2H3.